The van der Waals surface area contributed by atoms with Crippen molar-refractivity contribution in [1.29, 1.82) is 0 Å². The number of hydrogen-bond donors (Lipinski definition) is 3. The van der Waals surface area contributed by atoms with E-state index in [1.165, 1.54) is 22.7 Å². The Morgan fingerprint density at radius 1 is 1.33 bits per heavy atom. The Morgan fingerprint density at radius 3 is 2.88 bits per heavy atom. The van der Waals surface area contributed by atoms with E-state index in [1.807, 2.05) is 31.4 Å². The summed E-state index contributed by atoms with van der Waals surface area (Å²) in [5.74, 6) is 0. The van der Waals surface area contributed by atoms with Gasteiger partial charge in [-0.15, -0.1) is 11.3 Å². The highest BCUT2D eigenvalue weighted by Crippen LogP contribution is 2.28. The lowest BCUT2D eigenvalue weighted by Crippen LogP contribution is -2.38. The number of fused-ring (bicyclic) bond motifs is 1. The summed E-state index contributed by atoms with van der Waals surface area (Å²) in [6, 6.07) is 3.47. The second-order valence-corrected chi connectivity index (χ2v) is 7.75. The van der Waals surface area contributed by atoms with Gasteiger partial charge in [-0.25, -0.2) is 14.6 Å². The van der Waals surface area contributed by atoms with Crippen LogP contribution in [-0.2, 0) is 13.0 Å². The molecule has 2 aromatic rings. The van der Waals surface area contributed by atoms with Crippen LogP contribution in [0, 0.1) is 0 Å². The molecule has 0 radical (unpaired) electrons. The van der Waals surface area contributed by atoms with Crippen LogP contribution in [0.4, 0.5) is 19.7 Å². The summed E-state index contributed by atoms with van der Waals surface area (Å²) >= 11 is 2.91. The molecule has 0 saturated carbocycles. The molecule has 2 aromatic heterocycles. The fourth-order valence-electron chi connectivity index (χ4n) is 2.35. The number of carbonyl (C=O) groups excluding carboxylic acids is 2. The van der Waals surface area contributed by atoms with Crippen LogP contribution < -0.4 is 16.0 Å². The van der Waals surface area contributed by atoms with Gasteiger partial charge in [-0.2, -0.15) is 0 Å². The molecule has 3 N–H and O–H groups in total. The number of hydrogen-bond acceptors (Lipinski definition) is 5. The molecule has 4 amide bonds. The normalized spacial score (nSPS) is 13.5. The van der Waals surface area contributed by atoms with Crippen molar-refractivity contribution < 1.29 is 9.59 Å². The first-order valence-corrected chi connectivity index (χ1v) is 9.36. The quantitative estimate of drug-likeness (QED) is 0.780. The van der Waals surface area contributed by atoms with Crippen molar-refractivity contribution in [2.24, 2.45) is 0 Å². The van der Waals surface area contributed by atoms with Crippen molar-refractivity contribution in [3.63, 3.8) is 0 Å². The lowest BCUT2D eigenvalue weighted by atomic mass is 10.2. The Labute approximate surface area is 148 Å². The van der Waals surface area contributed by atoms with Crippen LogP contribution in [0.2, 0.25) is 0 Å². The first kappa shape index (κ1) is 16.7. The minimum absolute atomic E-state index is 0.0658. The lowest BCUT2D eigenvalue weighted by Gasteiger charge is -2.25. The Balaban J connectivity index is 1.61. The van der Waals surface area contributed by atoms with Gasteiger partial charge in [0.15, 0.2) is 5.13 Å². The smallest absolute Gasteiger partial charge is 0.322 e. The van der Waals surface area contributed by atoms with E-state index in [2.05, 4.69) is 20.9 Å². The van der Waals surface area contributed by atoms with Crippen LogP contribution in [0.25, 0.3) is 0 Å². The second-order valence-electron chi connectivity index (χ2n) is 5.72. The summed E-state index contributed by atoms with van der Waals surface area (Å²) in [6.45, 7) is 4.93. The number of thiophene rings is 1. The third-order valence-electron chi connectivity index (χ3n) is 3.41. The van der Waals surface area contributed by atoms with Gasteiger partial charge in [-0.1, -0.05) is 11.3 Å². The molecule has 0 bridgehead atoms. The molecule has 3 rings (SSSR count). The zero-order valence-electron chi connectivity index (χ0n) is 13.5. The van der Waals surface area contributed by atoms with E-state index in [0.717, 1.165) is 15.6 Å². The van der Waals surface area contributed by atoms with E-state index < -0.39 is 0 Å². The van der Waals surface area contributed by atoms with Crippen LogP contribution >= 0.6 is 22.7 Å². The molecule has 0 unspecified atom stereocenters. The topological polar surface area (TPSA) is 86.4 Å². The SMILES string of the molecule is CC(C)NC(=O)Nc1nc2c(s1)CN(C(=O)Nc1cccs1)CC2. The van der Waals surface area contributed by atoms with Gasteiger partial charge in [-0.05, 0) is 31.4 Å². The number of nitrogens with zero attached hydrogens (tertiary/aromatic N) is 2. The van der Waals surface area contributed by atoms with Gasteiger partial charge >= 0.3 is 12.1 Å². The monoisotopic (exact) mass is 365 g/mol. The van der Waals surface area contributed by atoms with Crippen molar-refractivity contribution in [2.75, 3.05) is 17.2 Å². The van der Waals surface area contributed by atoms with Crippen LogP contribution in [0.5, 0.6) is 0 Å². The zero-order chi connectivity index (χ0) is 17.1. The molecular weight excluding hydrogens is 346 g/mol. The molecule has 0 spiro atoms. The Hall–Kier alpha value is -2.13. The molecular formula is C15H19N5O2S2. The van der Waals surface area contributed by atoms with Crippen molar-refractivity contribution in [2.45, 2.75) is 32.9 Å². The molecule has 7 nitrogen and oxygen atoms in total. The van der Waals surface area contributed by atoms with Crippen LogP contribution in [0.3, 0.4) is 0 Å². The molecule has 1 aliphatic rings. The van der Waals surface area contributed by atoms with Gasteiger partial charge in [0.2, 0.25) is 0 Å². The Morgan fingerprint density at radius 2 is 2.17 bits per heavy atom. The molecule has 0 aromatic carbocycles. The summed E-state index contributed by atoms with van der Waals surface area (Å²) in [6.07, 6.45) is 0.692. The molecule has 9 heteroatoms. The summed E-state index contributed by atoms with van der Waals surface area (Å²) in [7, 11) is 0. The number of carbonyl (C=O) groups is 2. The van der Waals surface area contributed by atoms with E-state index in [4.69, 9.17) is 0 Å². The Kier molecular flexibility index (Phi) is 5.00. The van der Waals surface area contributed by atoms with E-state index in [-0.39, 0.29) is 18.1 Å². The van der Waals surface area contributed by atoms with E-state index in [9.17, 15) is 9.59 Å². The third-order valence-corrected chi connectivity index (χ3v) is 5.19. The number of urea groups is 2. The standard InChI is InChI=1S/C15H19N5O2S2/c1-9(2)16-13(21)19-14-17-10-5-6-20(8-11(10)24-14)15(22)18-12-4-3-7-23-12/h3-4,7,9H,5-6,8H2,1-2H3,(H,18,22)(H2,16,17,19,21). The minimum atomic E-state index is -0.261. The molecule has 3 heterocycles. The average Bonchev–Trinajstić information content (AvgIpc) is 3.13. The molecule has 128 valence electrons. The van der Waals surface area contributed by atoms with Crippen LogP contribution in [0.1, 0.15) is 24.4 Å². The van der Waals surface area contributed by atoms with E-state index >= 15 is 0 Å². The number of rotatable bonds is 3. The van der Waals surface area contributed by atoms with Crippen LogP contribution in [0.15, 0.2) is 17.5 Å². The fraction of sp³-hybridized carbons (Fsp3) is 0.400. The van der Waals surface area contributed by atoms with Gasteiger partial charge in [0, 0.05) is 23.9 Å². The molecule has 0 fully saturated rings. The molecule has 24 heavy (non-hydrogen) atoms. The highest BCUT2D eigenvalue weighted by Gasteiger charge is 2.24. The molecule has 0 saturated heterocycles. The zero-order valence-corrected chi connectivity index (χ0v) is 15.1. The highest BCUT2D eigenvalue weighted by atomic mass is 32.1. The predicted octanol–water partition coefficient (Wildman–Crippen LogP) is 3.32. The van der Waals surface area contributed by atoms with E-state index in [0.29, 0.717) is 24.6 Å². The molecule has 0 atom stereocenters. The summed E-state index contributed by atoms with van der Waals surface area (Å²) in [5.41, 5.74) is 0.958. The molecule has 0 aliphatic carbocycles. The number of aromatic nitrogens is 1. The maximum Gasteiger partial charge on any atom is 0.322 e. The summed E-state index contributed by atoms with van der Waals surface area (Å²) in [4.78, 5) is 31.3. The van der Waals surface area contributed by atoms with Gasteiger partial charge in [0.1, 0.15) is 0 Å². The second kappa shape index (κ2) is 7.18. The average molecular weight is 365 g/mol. The van der Waals surface area contributed by atoms with Gasteiger partial charge in [-0.3, -0.25) is 10.6 Å². The highest BCUT2D eigenvalue weighted by molar-refractivity contribution is 7.16. The first-order valence-electron chi connectivity index (χ1n) is 7.67. The van der Waals surface area contributed by atoms with Gasteiger partial charge in [0.05, 0.1) is 17.2 Å². The lowest BCUT2D eigenvalue weighted by molar-refractivity contribution is 0.207. The number of amides is 4. The van der Waals surface area contributed by atoms with Gasteiger partial charge in [0.25, 0.3) is 0 Å². The van der Waals surface area contributed by atoms with Gasteiger partial charge < -0.3 is 10.2 Å². The first-order chi connectivity index (χ1) is 11.5. The fourth-order valence-corrected chi connectivity index (χ4v) is 3.98. The largest absolute Gasteiger partial charge is 0.336 e. The Bertz CT molecular complexity index is 726. The molecule has 1 aliphatic heterocycles. The van der Waals surface area contributed by atoms with Crippen molar-refractivity contribution in [3.05, 3.63) is 28.1 Å². The van der Waals surface area contributed by atoms with Crippen molar-refractivity contribution in [3.8, 4) is 0 Å². The maximum absolute atomic E-state index is 12.3. The number of thiazole rings is 1. The number of anilines is 2. The predicted molar refractivity (Wildman–Crippen MR) is 96.9 cm³/mol. The van der Waals surface area contributed by atoms with E-state index in [1.54, 1.807) is 4.90 Å². The summed E-state index contributed by atoms with van der Waals surface area (Å²) < 4.78 is 0. The summed E-state index contributed by atoms with van der Waals surface area (Å²) in [5, 5.41) is 11.7. The number of nitrogens with one attached hydrogen (secondary N) is 3. The van der Waals surface area contributed by atoms with Crippen molar-refractivity contribution >= 4 is 44.9 Å². The van der Waals surface area contributed by atoms with Crippen molar-refractivity contribution in [1.82, 2.24) is 15.2 Å². The minimum Gasteiger partial charge on any atom is -0.336 e. The maximum atomic E-state index is 12.3. The van der Waals surface area contributed by atoms with Crippen LogP contribution in [-0.4, -0.2) is 34.5 Å². The third kappa shape index (κ3) is 4.04.